The Morgan fingerprint density at radius 2 is 2.08 bits per heavy atom. The first kappa shape index (κ1) is 17.3. The maximum Gasteiger partial charge on any atom is 0.326 e. The molecule has 0 bridgehead atoms. The van der Waals surface area contributed by atoms with Gasteiger partial charge in [-0.15, -0.1) is 0 Å². The topological polar surface area (TPSA) is 87.2 Å². The summed E-state index contributed by atoms with van der Waals surface area (Å²) >= 11 is 0. The maximum absolute atomic E-state index is 12.8. The van der Waals surface area contributed by atoms with E-state index in [1.807, 2.05) is 19.1 Å². The van der Waals surface area contributed by atoms with Crippen LogP contribution in [0.5, 0.6) is 5.75 Å². The molecule has 3 rings (SSSR count). The summed E-state index contributed by atoms with van der Waals surface area (Å²) in [5.41, 5.74) is 1.64. The normalized spacial score (nSPS) is 23.2. The summed E-state index contributed by atoms with van der Waals surface area (Å²) in [7, 11) is 1.54. The third kappa shape index (κ3) is 3.18. The molecular weight excluding hydrogens is 324 g/mol. The van der Waals surface area contributed by atoms with E-state index in [0.29, 0.717) is 30.8 Å². The van der Waals surface area contributed by atoms with Gasteiger partial charge in [-0.1, -0.05) is 6.07 Å². The van der Waals surface area contributed by atoms with Crippen molar-refractivity contribution in [3.8, 4) is 5.75 Å². The minimum Gasteiger partial charge on any atom is -0.495 e. The number of carbonyl (C=O) groups excluding carboxylic acids is 2. The third-order valence-corrected chi connectivity index (χ3v) is 4.92. The highest BCUT2D eigenvalue weighted by Gasteiger charge is 2.42. The van der Waals surface area contributed by atoms with Gasteiger partial charge in [-0.05, 0) is 37.5 Å². The monoisotopic (exact) mass is 346 g/mol. The van der Waals surface area contributed by atoms with Crippen molar-refractivity contribution >= 4 is 23.5 Å². The van der Waals surface area contributed by atoms with Gasteiger partial charge in [-0.2, -0.15) is 0 Å². The molecule has 1 aromatic carbocycles. The Labute approximate surface area is 146 Å². The molecule has 0 saturated carbocycles. The summed E-state index contributed by atoms with van der Waals surface area (Å²) in [4.78, 5) is 39.5. The van der Waals surface area contributed by atoms with Gasteiger partial charge in [0.1, 0.15) is 11.8 Å². The van der Waals surface area contributed by atoms with Gasteiger partial charge in [0.15, 0.2) is 0 Å². The zero-order valence-corrected chi connectivity index (χ0v) is 14.4. The van der Waals surface area contributed by atoms with Crippen molar-refractivity contribution in [3.63, 3.8) is 0 Å². The summed E-state index contributed by atoms with van der Waals surface area (Å²) in [6.45, 7) is 2.61. The molecule has 2 amide bonds. The van der Waals surface area contributed by atoms with E-state index in [9.17, 15) is 19.5 Å². The Morgan fingerprint density at radius 1 is 1.32 bits per heavy atom. The molecule has 2 aliphatic rings. The van der Waals surface area contributed by atoms with Crippen LogP contribution in [0.2, 0.25) is 0 Å². The molecule has 1 unspecified atom stereocenters. The van der Waals surface area contributed by atoms with E-state index < -0.39 is 17.9 Å². The standard InChI is InChI=1S/C18H22N2O5/c1-11-5-6-15(25-2)14(8-11)20-10-12(9-16(20)21)17(22)19-7-3-4-13(19)18(23)24/h5-6,8,12-13H,3-4,7,9-10H2,1-2H3,(H,23,24)/t12?,13-/m0/s1. The van der Waals surface area contributed by atoms with Crippen LogP contribution in [0.25, 0.3) is 0 Å². The van der Waals surface area contributed by atoms with Gasteiger partial charge in [0.25, 0.3) is 0 Å². The highest BCUT2D eigenvalue weighted by atomic mass is 16.5. The van der Waals surface area contributed by atoms with Crippen molar-refractivity contribution in [3.05, 3.63) is 23.8 Å². The van der Waals surface area contributed by atoms with Gasteiger partial charge in [0.2, 0.25) is 11.8 Å². The van der Waals surface area contributed by atoms with E-state index in [-0.39, 0.29) is 24.8 Å². The largest absolute Gasteiger partial charge is 0.495 e. The molecule has 1 aromatic rings. The number of rotatable bonds is 4. The van der Waals surface area contributed by atoms with Crippen molar-refractivity contribution in [2.75, 3.05) is 25.1 Å². The van der Waals surface area contributed by atoms with E-state index in [1.165, 1.54) is 4.90 Å². The second kappa shape index (κ2) is 6.74. The second-order valence-electron chi connectivity index (χ2n) is 6.61. The minimum absolute atomic E-state index is 0.0960. The molecule has 2 fully saturated rings. The number of aryl methyl sites for hydroxylation is 1. The van der Waals surface area contributed by atoms with Crippen molar-refractivity contribution in [1.82, 2.24) is 4.90 Å². The molecule has 1 N–H and O–H groups in total. The van der Waals surface area contributed by atoms with E-state index in [0.717, 1.165) is 5.56 Å². The van der Waals surface area contributed by atoms with Crippen LogP contribution in [0.3, 0.4) is 0 Å². The lowest BCUT2D eigenvalue weighted by molar-refractivity contribution is -0.149. The van der Waals surface area contributed by atoms with Crippen LogP contribution in [-0.2, 0) is 14.4 Å². The van der Waals surface area contributed by atoms with Crippen LogP contribution >= 0.6 is 0 Å². The molecule has 0 spiro atoms. The molecule has 7 heteroatoms. The van der Waals surface area contributed by atoms with E-state index in [1.54, 1.807) is 18.1 Å². The van der Waals surface area contributed by atoms with Crippen molar-refractivity contribution < 1.29 is 24.2 Å². The lowest BCUT2D eigenvalue weighted by Crippen LogP contribution is -2.44. The SMILES string of the molecule is COc1ccc(C)cc1N1CC(C(=O)N2CCC[C@H]2C(=O)O)CC1=O. The number of carbonyl (C=O) groups is 3. The fraction of sp³-hybridized carbons (Fsp3) is 0.500. The average Bonchev–Trinajstić information content (AvgIpc) is 3.21. The number of benzene rings is 1. The third-order valence-electron chi connectivity index (χ3n) is 4.92. The Bertz CT molecular complexity index is 717. The maximum atomic E-state index is 12.8. The van der Waals surface area contributed by atoms with Gasteiger partial charge < -0.3 is 19.6 Å². The number of likely N-dealkylation sites (tertiary alicyclic amines) is 1. The Hall–Kier alpha value is -2.57. The summed E-state index contributed by atoms with van der Waals surface area (Å²) in [6.07, 6.45) is 1.24. The van der Waals surface area contributed by atoms with Crippen LogP contribution in [-0.4, -0.2) is 54.0 Å². The second-order valence-corrected chi connectivity index (χ2v) is 6.61. The number of hydrogen-bond acceptors (Lipinski definition) is 4. The van der Waals surface area contributed by atoms with Gasteiger partial charge in [0, 0.05) is 19.5 Å². The van der Waals surface area contributed by atoms with Gasteiger partial charge in [0.05, 0.1) is 18.7 Å². The molecule has 0 aliphatic carbocycles. The fourth-order valence-electron chi connectivity index (χ4n) is 3.64. The first-order valence-corrected chi connectivity index (χ1v) is 8.40. The average molecular weight is 346 g/mol. The summed E-state index contributed by atoms with van der Waals surface area (Å²) in [5.74, 6) is -1.30. The highest BCUT2D eigenvalue weighted by molar-refractivity contribution is 6.01. The van der Waals surface area contributed by atoms with Crippen LogP contribution in [0, 0.1) is 12.8 Å². The lowest BCUT2D eigenvalue weighted by Gasteiger charge is -2.25. The van der Waals surface area contributed by atoms with Crippen molar-refractivity contribution in [2.24, 2.45) is 5.92 Å². The minimum atomic E-state index is -0.979. The number of hydrogen-bond donors (Lipinski definition) is 1. The molecule has 2 aliphatic heterocycles. The number of methoxy groups -OCH3 is 1. The highest BCUT2D eigenvalue weighted by Crippen LogP contribution is 2.35. The fourth-order valence-corrected chi connectivity index (χ4v) is 3.64. The number of amides is 2. The smallest absolute Gasteiger partial charge is 0.326 e. The molecule has 25 heavy (non-hydrogen) atoms. The Kier molecular flexibility index (Phi) is 4.65. The Morgan fingerprint density at radius 3 is 2.76 bits per heavy atom. The zero-order valence-electron chi connectivity index (χ0n) is 14.4. The molecule has 7 nitrogen and oxygen atoms in total. The molecular formula is C18H22N2O5. The zero-order chi connectivity index (χ0) is 18.1. The lowest BCUT2D eigenvalue weighted by atomic mass is 10.1. The van der Waals surface area contributed by atoms with Crippen LogP contribution < -0.4 is 9.64 Å². The Balaban J connectivity index is 1.80. The predicted octanol–water partition coefficient (Wildman–Crippen LogP) is 1.43. The summed E-state index contributed by atoms with van der Waals surface area (Å²) < 4.78 is 5.34. The van der Waals surface area contributed by atoms with E-state index in [2.05, 4.69) is 0 Å². The number of ether oxygens (including phenoxy) is 1. The number of carboxylic acids is 1. The van der Waals surface area contributed by atoms with E-state index >= 15 is 0 Å². The van der Waals surface area contributed by atoms with E-state index in [4.69, 9.17) is 4.74 Å². The first-order valence-electron chi connectivity index (χ1n) is 8.40. The van der Waals surface area contributed by atoms with Crippen molar-refractivity contribution in [1.29, 1.82) is 0 Å². The van der Waals surface area contributed by atoms with Crippen molar-refractivity contribution in [2.45, 2.75) is 32.2 Å². The molecule has 2 saturated heterocycles. The summed E-state index contributed by atoms with van der Waals surface area (Å²) in [5, 5.41) is 9.27. The number of anilines is 1. The predicted molar refractivity (Wildman–Crippen MR) is 90.6 cm³/mol. The molecule has 0 radical (unpaired) electrons. The number of aliphatic carboxylic acids is 1. The first-order chi connectivity index (χ1) is 11.9. The molecule has 134 valence electrons. The molecule has 2 atom stereocenters. The molecule has 2 heterocycles. The van der Waals surface area contributed by atoms with Crippen LogP contribution in [0.15, 0.2) is 18.2 Å². The van der Waals surface area contributed by atoms with Crippen LogP contribution in [0.4, 0.5) is 5.69 Å². The summed E-state index contributed by atoms with van der Waals surface area (Å²) in [6, 6.07) is 4.78. The van der Waals surface area contributed by atoms with Gasteiger partial charge in [-0.3, -0.25) is 9.59 Å². The van der Waals surface area contributed by atoms with Gasteiger partial charge in [-0.25, -0.2) is 4.79 Å². The number of nitrogens with zero attached hydrogens (tertiary/aromatic N) is 2. The van der Waals surface area contributed by atoms with Crippen LogP contribution in [0.1, 0.15) is 24.8 Å². The molecule has 0 aromatic heterocycles. The quantitative estimate of drug-likeness (QED) is 0.891. The number of carboxylic acid groups (broad SMARTS) is 1. The van der Waals surface area contributed by atoms with Gasteiger partial charge >= 0.3 is 5.97 Å².